The van der Waals surface area contributed by atoms with Gasteiger partial charge in [0.2, 0.25) is 0 Å². The van der Waals surface area contributed by atoms with E-state index in [0.29, 0.717) is 5.92 Å². The largest absolute Gasteiger partial charge is 0.240 e. The van der Waals surface area contributed by atoms with E-state index < -0.39 is 0 Å². The number of halogens is 1. The maximum atomic E-state index is 12.8. The summed E-state index contributed by atoms with van der Waals surface area (Å²) >= 11 is 0. The highest BCUT2D eigenvalue weighted by Gasteiger charge is 2.09. The summed E-state index contributed by atoms with van der Waals surface area (Å²) in [6, 6.07) is 6.35. The van der Waals surface area contributed by atoms with Crippen molar-refractivity contribution in [2.24, 2.45) is 0 Å². The summed E-state index contributed by atoms with van der Waals surface area (Å²) in [6.45, 7) is 6.27. The predicted molar refractivity (Wildman–Crippen MR) is 62.3 cm³/mol. The molecular weight excluding hydrogens is 203 g/mol. The molecule has 1 heterocycles. The Morgan fingerprint density at radius 2 is 1.81 bits per heavy atom. The second-order valence-corrected chi connectivity index (χ2v) is 4.25. The van der Waals surface area contributed by atoms with E-state index in [1.807, 2.05) is 13.1 Å². The molecule has 0 atom stereocenters. The van der Waals surface area contributed by atoms with Gasteiger partial charge in [-0.3, -0.25) is 0 Å². The molecule has 2 nitrogen and oxygen atoms in total. The lowest BCUT2D eigenvalue weighted by Crippen LogP contribution is -1.94. The standard InChI is InChI=1S/C13H15FN2/c1-9(2)13-8-16(15-10(13)3)12-6-4-11(14)5-7-12/h4-9H,1-3H3. The van der Waals surface area contributed by atoms with Crippen molar-refractivity contribution >= 4 is 0 Å². The number of benzene rings is 1. The molecule has 0 saturated heterocycles. The van der Waals surface area contributed by atoms with Gasteiger partial charge in [-0.2, -0.15) is 5.10 Å². The van der Waals surface area contributed by atoms with Crippen LogP contribution in [0.2, 0.25) is 0 Å². The van der Waals surface area contributed by atoms with Crippen molar-refractivity contribution in [2.75, 3.05) is 0 Å². The van der Waals surface area contributed by atoms with Gasteiger partial charge in [-0.25, -0.2) is 9.07 Å². The molecule has 1 aromatic carbocycles. The quantitative estimate of drug-likeness (QED) is 0.755. The van der Waals surface area contributed by atoms with E-state index in [0.717, 1.165) is 11.4 Å². The van der Waals surface area contributed by atoms with Crippen molar-refractivity contribution in [3.05, 3.63) is 47.5 Å². The Morgan fingerprint density at radius 1 is 1.19 bits per heavy atom. The molecule has 0 radical (unpaired) electrons. The summed E-state index contributed by atoms with van der Waals surface area (Å²) in [5, 5.41) is 4.43. The number of aromatic nitrogens is 2. The first-order valence-corrected chi connectivity index (χ1v) is 5.40. The molecule has 0 N–H and O–H groups in total. The smallest absolute Gasteiger partial charge is 0.123 e. The lowest BCUT2D eigenvalue weighted by atomic mass is 10.1. The fourth-order valence-electron chi connectivity index (χ4n) is 1.77. The third kappa shape index (κ3) is 1.98. The van der Waals surface area contributed by atoms with Gasteiger partial charge in [-0.1, -0.05) is 13.8 Å². The molecule has 1 aromatic heterocycles. The molecular formula is C13H15FN2. The molecule has 3 heteroatoms. The van der Waals surface area contributed by atoms with Crippen LogP contribution in [0, 0.1) is 12.7 Å². The SMILES string of the molecule is Cc1nn(-c2ccc(F)cc2)cc1C(C)C. The first-order valence-electron chi connectivity index (χ1n) is 5.40. The maximum absolute atomic E-state index is 12.8. The van der Waals surface area contributed by atoms with Crippen molar-refractivity contribution in [1.29, 1.82) is 0 Å². The summed E-state index contributed by atoms with van der Waals surface area (Å²) in [5.74, 6) is 0.228. The number of rotatable bonds is 2. The van der Waals surface area contributed by atoms with Gasteiger partial charge in [-0.05, 0) is 42.7 Å². The second kappa shape index (κ2) is 4.08. The van der Waals surface area contributed by atoms with Crippen LogP contribution in [0.5, 0.6) is 0 Å². The van der Waals surface area contributed by atoms with Gasteiger partial charge in [0.15, 0.2) is 0 Å². The Hall–Kier alpha value is -1.64. The first kappa shape index (κ1) is 10.9. The van der Waals surface area contributed by atoms with E-state index in [1.165, 1.54) is 17.7 Å². The molecule has 0 aliphatic carbocycles. The van der Waals surface area contributed by atoms with Crippen molar-refractivity contribution in [3.8, 4) is 5.69 Å². The third-order valence-corrected chi connectivity index (χ3v) is 2.65. The molecule has 0 unspecified atom stereocenters. The average Bonchev–Trinajstić information content (AvgIpc) is 2.61. The highest BCUT2D eigenvalue weighted by Crippen LogP contribution is 2.19. The van der Waals surface area contributed by atoms with E-state index in [9.17, 15) is 4.39 Å². The zero-order valence-electron chi connectivity index (χ0n) is 9.74. The van der Waals surface area contributed by atoms with Crippen LogP contribution < -0.4 is 0 Å². The minimum atomic E-state index is -0.225. The summed E-state index contributed by atoms with van der Waals surface area (Å²) in [4.78, 5) is 0. The van der Waals surface area contributed by atoms with Crippen molar-refractivity contribution in [3.63, 3.8) is 0 Å². The highest BCUT2D eigenvalue weighted by atomic mass is 19.1. The number of aryl methyl sites for hydroxylation is 1. The van der Waals surface area contributed by atoms with Crippen LogP contribution >= 0.6 is 0 Å². The van der Waals surface area contributed by atoms with Crippen LogP contribution in [0.4, 0.5) is 4.39 Å². The number of hydrogen-bond donors (Lipinski definition) is 0. The summed E-state index contributed by atoms with van der Waals surface area (Å²) in [6.07, 6.45) is 2.01. The Bertz CT molecular complexity index is 483. The van der Waals surface area contributed by atoms with Gasteiger partial charge in [0.25, 0.3) is 0 Å². The molecule has 0 saturated carbocycles. The van der Waals surface area contributed by atoms with Gasteiger partial charge in [0.05, 0.1) is 11.4 Å². The highest BCUT2D eigenvalue weighted by molar-refractivity contribution is 5.33. The van der Waals surface area contributed by atoms with E-state index in [4.69, 9.17) is 0 Å². The van der Waals surface area contributed by atoms with Gasteiger partial charge < -0.3 is 0 Å². The molecule has 0 aliphatic rings. The lowest BCUT2D eigenvalue weighted by Gasteiger charge is -2.01. The average molecular weight is 218 g/mol. The monoisotopic (exact) mass is 218 g/mol. The number of nitrogens with zero attached hydrogens (tertiary/aromatic N) is 2. The lowest BCUT2D eigenvalue weighted by molar-refractivity contribution is 0.627. The minimum absolute atomic E-state index is 0.225. The van der Waals surface area contributed by atoms with Crippen molar-refractivity contribution < 1.29 is 4.39 Å². The Kier molecular flexibility index (Phi) is 2.77. The topological polar surface area (TPSA) is 17.8 Å². The molecule has 2 rings (SSSR count). The van der Waals surface area contributed by atoms with E-state index >= 15 is 0 Å². The van der Waals surface area contributed by atoms with E-state index in [1.54, 1.807) is 16.8 Å². The van der Waals surface area contributed by atoms with Gasteiger partial charge in [-0.15, -0.1) is 0 Å². The number of hydrogen-bond acceptors (Lipinski definition) is 1. The van der Waals surface area contributed by atoms with Crippen LogP contribution in [0.25, 0.3) is 5.69 Å². The molecule has 16 heavy (non-hydrogen) atoms. The van der Waals surface area contributed by atoms with Crippen LogP contribution in [0.15, 0.2) is 30.5 Å². The fraction of sp³-hybridized carbons (Fsp3) is 0.308. The normalized spacial score (nSPS) is 11.1. The predicted octanol–water partition coefficient (Wildman–Crippen LogP) is 3.44. The van der Waals surface area contributed by atoms with Gasteiger partial charge in [0.1, 0.15) is 5.82 Å². The molecule has 84 valence electrons. The van der Waals surface area contributed by atoms with Crippen molar-refractivity contribution in [2.45, 2.75) is 26.7 Å². The first-order chi connectivity index (χ1) is 7.58. The Balaban J connectivity index is 2.41. The van der Waals surface area contributed by atoms with Gasteiger partial charge in [0, 0.05) is 6.20 Å². The third-order valence-electron chi connectivity index (χ3n) is 2.65. The summed E-state index contributed by atoms with van der Waals surface area (Å²) in [7, 11) is 0. The van der Waals surface area contributed by atoms with E-state index in [-0.39, 0.29) is 5.82 Å². The summed E-state index contributed by atoms with van der Waals surface area (Å²) < 4.78 is 14.6. The second-order valence-electron chi connectivity index (χ2n) is 4.25. The molecule has 0 spiro atoms. The minimum Gasteiger partial charge on any atom is -0.240 e. The van der Waals surface area contributed by atoms with E-state index in [2.05, 4.69) is 18.9 Å². The van der Waals surface area contributed by atoms with Crippen molar-refractivity contribution in [1.82, 2.24) is 9.78 Å². The zero-order valence-corrected chi connectivity index (χ0v) is 9.74. The molecule has 0 bridgehead atoms. The molecule has 0 fully saturated rings. The van der Waals surface area contributed by atoms with Crippen LogP contribution in [-0.4, -0.2) is 9.78 Å². The Labute approximate surface area is 94.7 Å². The molecule has 2 aromatic rings. The zero-order chi connectivity index (χ0) is 11.7. The van der Waals surface area contributed by atoms with Crippen LogP contribution in [-0.2, 0) is 0 Å². The fourth-order valence-corrected chi connectivity index (χ4v) is 1.77. The Morgan fingerprint density at radius 3 is 2.31 bits per heavy atom. The maximum Gasteiger partial charge on any atom is 0.123 e. The molecule has 0 amide bonds. The summed E-state index contributed by atoms with van der Waals surface area (Å²) in [5.41, 5.74) is 3.14. The van der Waals surface area contributed by atoms with Gasteiger partial charge >= 0.3 is 0 Å². The molecule has 0 aliphatic heterocycles. The van der Waals surface area contributed by atoms with Crippen LogP contribution in [0.1, 0.15) is 31.0 Å². The van der Waals surface area contributed by atoms with Crippen LogP contribution in [0.3, 0.4) is 0 Å².